The van der Waals surface area contributed by atoms with Crippen LogP contribution in [0.1, 0.15) is 10.4 Å². The number of rotatable bonds is 2. The second-order valence-corrected chi connectivity index (χ2v) is 5.34. The van der Waals surface area contributed by atoms with Crippen LogP contribution in [0.4, 0.5) is 0 Å². The van der Waals surface area contributed by atoms with Crippen molar-refractivity contribution >= 4 is 39.4 Å². The van der Waals surface area contributed by atoms with E-state index >= 15 is 0 Å². The summed E-state index contributed by atoms with van der Waals surface area (Å²) in [7, 11) is 0. The SMILES string of the molecule is O=C(O)C1COCCN1C(=O)c1ccc(Cl)cc1Br. The van der Waals surface area contributed by atoms with E-state index in [-0.39, 0.29) is 19.1 Å². The summed E-state index contributed by atoms with van der Waals surface area (Å²) >= 11 is 9.08. The average Bonchev–Trinajstić information content (AvgIpc) is 2.38. The predicted molar refractivity (Wildman–Crippen MR) is 72.4 cm³/mol. The minimum Gasteiger partial charge on any atom is -0.480 e. The van der Waals surface area contributed by atoms with Gasteiger partial charge in [0.2, 0.25) is 0 Å². The Kier molecular flexibility index (Phi) is 4.44. The lowest BCUT2D eigenvalue weighted by atomic mass is 10.1. The number of ether oxygens (including phenoxy) is 1. The number of carboxylic acids is 1. The van der Waals surface area contributed by atoms with Crippen molar-refractivity contribution in [2.24, 2.45) is 0 Å². The molecule has 1 heterocycles. The molecule has 7 heteroatoms. The molecule has 1 saturated heterocycles. The van der Waals surface area contributed by atoms with Gasteiger partial charge in [0.15, 0.2) is 6.04 Å². The number of aliphatic carboxylic acids is 1. The molecule has 2 rings (SSSR count). The quantitative estimate of drug-likeness (QED) is 0.888. The molecule has 1 aliphatic rings. The normalized spacial score (nSPS) is 19.3. The summed E-state index contributed by atoms with van der Waals surface area (Å²) in [5.74, 6) is -1.42. The Hall–Kier alpha value is -1.11. The molecule has 0 aliphatic carbocycles. The van der Waals surface area contributed by atoms with Gasteiger partial charge in [-0.25, -0.2) is 4.79 Å². The number of carbonyl (C=O) groups is 2. The monoisotopic (exact) mass is 347 g/mol. The highest BCUT2D eigenvalue weighted by Gasteiger charge is 2.33. The molecule has 1 fully saturated rings. The molecule has 1 aromatic rings. The van der Waals surface area contributed by atoms with Crippen LogP contribution in [0.15, 0.2) is 22.7 Å². The first-order valence-electron chi connectivity index (χ1n) is 5.57. The Morgan fingerprint density at radius 3 is 2.84 bits per heavy atom. The van der Waals surface area contributed by atoms with Gasteiger partial charge in [0.05, 0.1) is 18.8 Å². The van der Waals surface area contributed by atoms with Crippen molar-refractivity contribution in [3.63, 3.8) is 0 Å². The Labute approximate surface area is 123 Å². The minimum atomic E-state index is -1.07. The lowest BCUT2D eigenvalue weighted by molar-refractivity contribution is -0.147. The van der Waals surface area contributed by atoms with Gasteiger partial charge >= 0.3 is 5.97 Å². The standard InChI is InChI=1S/C12H11BrClNO4/c13-9-5-7(14)1-2-8(9)11(16)15-3-4-19-6-10(15)12(17)18/h1-2,5,10H,3-4,6H2,(H,17,18). The van der Waals surface area contributed by atoms with Gasteiger partial charge in [0.25, 0.3) is 5.91 Å². The van der Waals surface area contributed by atoms with E-state index in [0.717, 1.165) is 0 Å². The number of carbonyl (C=O) groups excluding carboxylic acids is 1. The largest absolute Gasteiger partial charge is 0.480 e. The van der Waals surface area contributed by atoms with E-state index in [9.17, 15) is 9.59 Å². The lowest BCUT2D eigenvalue weighted by Crippen LogP contribution is -2.52. The molecule has 0 radical (unpaired) electrons. The van der Waals surface area contributed by atoms with Crippen LogP contribution in [0.25, 0.3) is 0 Å². The first-order chi connectivity index (χ1) is 9.00. The maximum Gasteiger partial charge on any atom is 0.328 e. The molecule has 0 saturated carbocycles. The van der Waals surface area contributed by atoms with Crippen LogP contribution in [0.2, 0.25) is 5.02 Å². The third kappa shape index (κ3) is 3.08. The van der Waals surface area contributed by atoms with Crippen LogP contribution in [-0.4, -0.2) is 47.7 Å². The Bertz CT molecular complexity index is 522. The molecule has 1 aliphatic heterocycles. The fraction of sp³-hybridized carbons (Fsp3) is 0.333. The molecular formula is C12H11BrClNO4. The molecule has 0 bridgehead atoms. The van der Waals surface area contributed by atoms with E-state index in [1.54, 1.807) is 18.2 Å². The molecule has 1 amide bonds. The first-order valence-corrected chi connectivity index (χ1v) is 6.74. The van der Waals surface area contributed by atoms with Gasteiger partial charge in [-0.3, -0.25) is 4.79 Å². The number of hydrogen-bond donors (Lipinski definition) is 1. The van der Waals surface area contributed by atoms with E-state index in [2.05, 4.69) is 15.9 Å². The van der Waals surface area contributed by atoms with Crippen LogP contribution in [-0.2, 0) is 9.53 Å². The van der Waals surface area contributed by atoms with Crippen molar-refractivity contribution in [1.82, 2.24) is 4.90 Å². The second-order valence-electron chi connectivity index (χ2n) is 4.05. The molecule has 1 N–H and O–H groups in total. The summed E-state index contributed by atoms with van der Waals surface area (Å²) in [6.45, 7) is 0.595. The zero-order chi connectivity index (χ0) is 14.0. The van der Waals surface area contributed by atoms with Crippen molar-refractivity contribution in [1.29, 1.82) is 0 Å². The molecule has 1 aromatic carbocycles. The highest BCUT2D eigenvalue weighted by molar-refractivity contribution is 9.10. The molecule has 102 valence electrons. The molecule has 1 atom stereocenters. The van der Waals surface area contributed by atoms with E-state index < -0.39 is 12.0 Å². The van der Waals surface area contributed by atoms with Crippen LogP contribution in [0.3, 0.4) is 0 Å². The summed E-state index contributed by atoms with van der Waals surface area (Å²) in [6.07, 6.45) is 0. The van der Waals surface area contributed by atoms with Crippen molar-refractivity contribution in [3.05, 3.63) is 33.3 Å². The zero-order valence-corrected chi connectivity index (χ0v) is 12.1. The average molecular weight is 349 g/mol. The van der Waals surface area contributed by atoms with Gasteiger partial charge < -0.3 is 14.7 Å². The topological polar surface area (TPSA) is 66.8 Å². The molecule has 19 heavy (non-hydrogen) atoms. The molecule has 1 unspecified atom stereocenters. The highest BCUT2D eigenvalue weighted by atomic mass is 79.9. The summed E-state index contributed by atoms with van der Waals surface area (Å²) in [5, 5.41) is 9.61. The maximum atomic E-state index is 12.4. The summed E-state index contributed by atoms with van der Waals surface area (Å²) < 4.78 is 5.64. The van der Waals surface area contributed by atoms with Gasteiger partial charge in [-0.05, 0) is 34.1 Å². The number of nitrogens with zero attached hydrogens (tertiary/aromatic N) is 1. The van der Waals surface area contributed by atoms with Crippen molar-refractivity contribution < 1.29 is 19.4 Å². The van der Waals surface area contributed by atoms with Gasteiger partial charge in [-0.2, -0.15) is 0 Å². The molecule has 0 aromatic heterocycles. The number of amides is 1. The third-order valence-corrected chi connectivity index (χ3v) is 3.73. The summed E-state index contributed by atoms with van der Waals surface area (Å²) in [5.41, 5.74) is 0.387. The number of hydrogen-bond acceptors (Lipinski definition) is 3. The van der Waals surface area contributed by atoms with Crippen LogP contribution < -0.4 is 0 Å². The van der Waals surface area contributed by atoms with Crippen molar-refractivity contribution in [2.75, 3.05) is 19.8 Å². The molecule has 0 spiro atoms. The Balaban J connectivity index is 2.28. The smallest absolute Gasteiger partial charge is 0.328 e. The zero-order valence-electron chi connectivity index (χ0n) is 9.81. The highest BCUT2D eigenvalue weighted by Crippen LogP contribution is 2.24. The van der Waals surface area contributed by atoms with Crippen molar-refractivity contribution in [3.8, 4) is 0 Å². The van der Waals surface area contributed by atoms with Crippen LogP contribution >= 0.6 is 27.5 Å². The third-order valence-electron chi connectivity index (χ3n) is 2.84. The first kappa shape index (κ1) is 14.3. The van der Waals surface area contributed by atoms with Crippen LogP contribution in [0.5, 0.6) is 0 Å². The summed E-state index contributed by atoms with van der Waals surface area (Å²) in [6, 6.07) is 3.81. The van der Waals surface area contributed by atoms with Gasteiger partial charge in [-0.15, -0.1) is 0 Å². The maximum absolute atomic E-state index is 12.4. The van der Waals surface area contributed by atoms with E-state index in [4.69, 9.17) is 21.4 Å². The van der Waals surface area contributed by atoms with Crippen LogP contribution in [0, 0.1) is 0 Å². The Morgan fingerprint density at radius 2 is 2.21 bits per heavy atom. The number of carboxylic acid groups (broad SMARTS) is 1. The number of benzene rings is 1. The van der Waals surface area contributed by atoms with Crippen molar-refractivity contribution in [2.45, 2.75) is 6.04 Å². The lowest BCUT2D eigenvalue weighted by Gasteiger charge is -2.33. The molecule has 5 nitrogen and oxygen atoms in total. The second kappa shape index (κ2) is 5.90. The van der Waals surface area contributed by atoms with Gasteiger partial charge in [-0.1, -0.05) is 11.6 Å². The van der Waals surface area contributed by atoms with E-state index in [1.165, 1.54) is 4.90 Å². The Morgan fingerprint density at radius 1 is 1.47 bits per heavy atom. The minimum absolute atomic E-state index is 0.00623. The predicted octanol–water partition coefficient (Wildman–Crippen LogP) is 2.03. The van der Waals surface area contributed by atoms with Gasteiger partial charge in [0, 0.05) is 16.0 Å². The molecular weight excluding hydrogens is 337 g/mol. The van der Waals surface area contributed by atoms with Gasteiger partial charge in [0.1, 0.15) is 0 Å². The van der Waals surface area contributed by atoms with E-state index in [1.807, 2.05) is 0 Å². The fourth-order valence-corrected chi connectivity index (χ4v) is 2.72. The number of halogens is 2. The fourth-order valence-electron chi connectivity index (χ4n) is 1.87. The van der Waals surface area contributed by atoms with E-state index in [0.29, 0.717) is 21.7 Å². The summed E-state index contributed by atoms with van der Waals surface area (Å²) in [4.78, 5) is 24.8. The number of morpholine rings is 1.